The summed E-state index contributed by atoms with van der Waals surface area (Å²) in [6.45, 7) is 4.23. The van der Waals surface area contributed by atoms with Crippen LogP contribution < -0.4 is 9.79 Å². The van der Waals surface area contributed by atoms with Gasteiger partial charge in [-0.15, -0.1) is 6.58 Å². The highest BCUT2D eigenvalue weighted by Crippen LogP contribution is 2.22. The first-order valence-corrected chi connectivity index (χ1v) is 5.06. The van der Waals surface area contributed by atoms with Gasteiger partial charge in [0.25, 0.3) is 5.69 Å². The van der Waals surface area contributed by atoms with Crippen molar-refractivity contribution >= 4 is 0 Å². The van der Waals surface area contributed by atoms with Crippen molar-refractivity contribution in [2.75, 3.05) is 0 Å². The summed E-state index contributed by atoms with van der Waals surface area (Å²) in [5.41, 5.74) is 1.31. The Morgan fingerprint density at radius 2 is 2.12 bits per heavy atom. The van der Waals surface area contributed by atoms with E-state index in [0.29, 0.717) is 12.2 Å². The lowest BCUT2D eigenvalue weighted by molar-refractivity contribution is -0.752. The first kappa shape index (κ1) is 10.4. The molecule has 4 heteroatoms. The molecule has 1 aromatic carbocycles. The number of hydrogen-bond acceptors (Lipinski definition) is 3. The molecule has 0 fully saturated rings. The fourth-order valence-electron chi connectivity index (χ4n) is 1.50. The lowest BCUT2D eigenvalue weighted by Gasteiger charge is -1.97. The minimum atomic E-state index is -0.407. The van der Waals surface area contributed by atoms with Crippen LogP contribution in [-0.4, -0.2) is 5.27 Å². The van der Waals surface area contributed by atoms with Crippen LogP contribution in [0.2, 0.25) is 0 Å². The SMILES string of the molecule is C=CCC[n+]1noc([O-])c1-c1ccccc1. The van der Waals surface area contributed by atoms with E-state index in [2.05, 4.69) is 16.4 Å². The molecule has 0 spiro atoms. The molecule has 0 N–H and O–H groups in total. The molecule has 0 atom stereocenters. The summed E-state index contributed by atoms with van der Waals surface area (Å²) in [4.78, 5) is 0. The Labute approximate surface area is 93.4 Å². The summed E-state index contributed by atoms with van der Waals surface area (Å²) < 4.78 is 6.24. The van der Waals surface area contributed by atoms with Crippen molar-refractivity contribution < 1.29 is 14.3 Å². The number of benzene rings is 1. The summed E-state index contributed by atoms with van der Waals surface area (Å²) >= 11 is 0. The van der Waals surface area contributed by atoms with Gasteiger partial charge in [0.1, 0.15) is 0 Å². The Hall–Kier alpha value is -2.10. The van der Waals surface area contributed by atoms with Gasteiger partial charge >= 0.3 is 0 Å². The number of nitrogens with zero attached hydrogens (tertiary/aromatic N) is 2. The molecule has 0 radical (unpaired) electrons. The van der Waals surface area contributed by atoms with Crippen molar-refractivity contribution in [2.45, 2.75) is 13.0 Å². The average Bonchev–Trinajstić information content (AvgIpc) is 2.69. The molecular formula is C12H12N2O2. The van der Waals surface area contributed by atoms with Crippen LogP contribution in [0.1, 0.15) is 6.42 Å². The van der Waals surface area contributed by atoms with Gasteiger partial charge in [-0.2, -0.15) is 0 Å². The van der Waals surface area contributed by atoms with Gasteiger partial charge in [-0.25, -0.2) is 0 Å². The normalized spacial score (nSPS) is 10.2. The number of aromatic nitrogens is 2. The molecule has 0 amide bonds. The van der Waals surface area contributed by atoms with E-state index in [9.17, 15) is 5.11 Å². The van der Waals surface area contributed by atoms with E-state index in [1.165, 1.54) is 0 Å². The smallest absolute Gasteiger partial charge is 0.264 e. The second-order valence-electron chi connectivity index (χ2n) is 3.38. The van der Waals surface area contributed by atoms with Gasteiger partial charge < -0.3 is 9.63 Å². The van der Waals surface area contributed by atoms with Crippen LogP contribution in [0.5, 0.6) is 5.95 Å². The molecule has 0 saturated heterocycles. The minimum absolute atomic E-state index is 0.407. The first-order valence-electron chi connectivity index (χ1n) is 5.06. The van der Waals surface area contributed by atoms with Crippen LogP contribution in [-0.2, 0) is 6.54 Å². The van der Waals surface area contributed by atoms with Crippen LogP contribution in [0, 0.1) is 0 Å². The number of rotatable bonds is 4. The molecule has 0 aliphatic heterocycles. The van der Waals surface area contributed by atoms with Crippen LogP contribution in [0.15, 0.2) is 47.5 Å². The summed E-state index contributed by atoms with van der Waals surface area (Å²) in [5.74, 6) is -0.407. The van der Waals surface area contributed by atoms with E-state index < -0.39 is 5.95 Å². The number of hydrogen-bond donors (Lipinski definition) is 0. The van der Waals surface area contributed by atoms with E-state index in [1.54, 1.807) is 10.8 Å². The van der Waals surface area contributed by atoms with Gasteiger partial charge in [-0.05, 0) is 12.1 Å². The molecule has 0 unspecified atom stereocenters. The number of allylic oxidation sites excluding steroid dienone is 1. The average molecular weight is 216 g/mol. The molecule has 2 rings (SSSR count). The summed E-state index contributed by atoms with van der Waals surface area (Å²) in [5, 5.41) is 15.2. The van der Waals surface area contributed by atoms with Crippen molar-refractivity contribution in [3.8, 4) is 17.2 Å². The van der Waals surface area contributed by atoms with E-state index in [-0.39, 0.29) is 0 Å². The van der Waals surface area contributed by atoms with Crippen molar-refractivity contribution in [2.24, 2.45) is 0 Å². The molecule has 0 aliphatic rings. The zero-order valence-electron chi connectivity index (χ0n) is 8.80. The fraction of sp³-hybridized carbons (Fsp3) is 0.167. The van der Waals surface area contributed by atoms with E-state index in [1.807, 2.05) is 30.3 Å². The molecule has 0 saturated carbocycles. The fourth-order valence-corrected chi connectivity index (χ4v) is 1.50. The Balaban J connectivity index is 2.39. The van der Waals surface area contributed by atoms with E-state index >= 15 is 0 Å². The van der Waals surface area contributed by atoms with Crippen molar-refractivity contribution in [1.29, 1.82) is 0 Å². The Kier molecular flexibility index (Phi) is 3.00. The molecule has 0 aliphatic carbocycles. The highest BCUT2D eigenvalue weighted by Gasteiger charge is 2.18. The maximum atomic E-state index is 11.5. The Bertz CT molecular complexity index is 477. The summed E-state index contributed by atoms with van der Waals surface area (Å²) in [6.07, 6.45) is 2.53. The molecule has 2 aromatic rings. The van der Waals surface area contributed by atoms with Crippen molar-refractivity contribution in [3.63, 3.8) is 0 Å². The standard InChI is InChI=1S/C12H12N2O2/c1-2-3-9-14-11(12(15)16-13-14)10-7-5-4-6-8-10/h2,4-8H,1,3,9H2. The molecule has 16 heavy (non-hydrogen) atoms. The van der Waals surface area contributed by atoms with Crippen LogP contribution >= 0.6 is 0 Å². The Morgan fingerprint density at radius 1 is 1.38 bits per heavy atom. The van der Waals surface area contributed by atoms with E-state index in [4.69, 9.17) is 0 Å². The second-order valence-corrected chi connectivity index (χ2v) is 3.38. The van der Waals surface area contributed by atoms with E-state index in [0.717, 1.165) is 12.0 Å². The molecule has 1 heterocycles. The molecule has 82 valence electrons. The third kappa shape index (κ3) is 1.95. The minimum Gasteiger partial charge on any atom is -0.539 e. The second kappa shape index (κ2) is 4.61. The van der Waals surface area contributed by atoms with Gasteiger partial charge in [0.15, 0.2) is 12.5 Å². The number of aryl methyl sites for hydroxylation is 1. The molecule has 0 bridgehead atoms. The predicted molar refractivity (Wildman–Crippen MR) is 56.4 cm³/mol. The van der Waals surface area contributed by atoms with Crippen molar-refractivity contribution in [3.05, 3.63) is 43.0 Å². The van der Waals surface area contributed by atoms with Gasteiger partial charge in [0, 0.05) is 6.42 Å². The molecular weight excluding hydrogens is 204 g/mol. The topological polar surface area (TPSA) is 53.0 Å². The molecule has 1 aromatic heterocycles. The lowest BCUT2D eigenvalue weighted by Crippen LogP contribution is -2.37. The van der Waals surface area contributed by atoms with Crippen LogP contribution in [0.25, 0.3) is 11.3 Å². The Morgan fingerprint density at radius 3 is 2.81 bits per heavy atom. The van der Waals surface area contributed by atoms with Gasteiger partial charge in [0.2, 0.25) is 0 Å². The maximum absolute atomic E-state index is 11.5. The van der Waals surface area contributed by atoms with Crippen LogP contribution in [0.4, 0.5) is 0 Å². The third-order valence-corrected chi connectivity index (χ3v) is 2.27. The maximum Gasteiger partial charge on any atom is 0.264 e. The zero-order valence-corrected chi connectivity index (χ0v) is 8.80. The predicted octanol–water partition coefficient (Wildman–Crippen LogP) is 1.28. The lowest BCUT2D eigenvalue weighted by atomic mass is 10.1. The van der Waals surface area contributed by atoms with Crippen LogP contribution in [0.3, 0.4) is 0 Å². The highest BCUT2D eigenvalue weighted by atomic mass is 16.6. The van der Waals surface area contributed by atoms with Gasteiger partial charge in [-0.1, -0.05) is 29.0 Å². The van der Waals surface area contributed by atoms with Gasteiger partial charge in [0.05, 0.1) is 10.8 Å². The summed E-state index contributed by atoms with van der Waals surface area (Å²) in [6, 6.07) is 9.37. The monoisotopic (exact) mass is 216 g/mol. The van der Waals surface area contributed by atoms with Crippen molar-refractivity contribution in [1.82, 2.24) is 5.27 Å². The first-order chi connectivity index (χ1) is 7.83. The van der Waals surface area contributed by atoms with Gasteiger partial charge in [-0.3, -0.25) is 0 Å². The summed E-state index contributed by atoms with van der Waals surface area (Å²) in [7, 11) is 0. The third-order valence-electron chi connectivity index (χ3n) is 2.27. The highest BCUT2D eigenvalue weighted by molar-refractivity contribution is 5.59. The molecule has 4 nitrogen and oxygen atoms in total. The quantitative estimate of drug-likeness (QED) is 0.571. The zero-order chi connectivity index (χ0) is 11.4. The largest absolute Gasteiger partial charge is 0.539 e.